The van der Waals surface area contributed by atoms with Crippen LogP contribution in [-0.4, -0.2) is 40.9 Å². The van der Waals surface area contributed by atoms with Crippen LogP contribution in [0.15, 0.2) is 24.3 Å². The van der Waals surface area contributed by atoms with Crippen molar-refractivity contribution in [2.24, 2.45) is 0 Å². The Hall–Kier alpha value is -2.08. The zero-order valence-electron chi connectivity index (χ0n) is 12.0. The van der Waals surface area contributed by atoms with Gasteiger partial charge in [0.2, 0.25) is 0 Å². The molecule has 2 unspecified atom stereocenters. The number of nitrogens with one attached hydrogen (secondary N) is 1. The van der Waals surface area contributed by atoms with Gasteiger partial charge in [-0.1, -0.05) is 18.2 Å². The molecule has 21 heavy (non-hydrogen) atoms. The number of amides is 2. The number of carboxylic acid groups (broad SMARTS) is 1. The van der Waals surface area contributed by atoms with E-state index in [1.165, 1.54) is 0 Å². The van der Waals surface area contributed by atoms with Gasteiger partial charge in [0, 0.05) is 24.7 Å². The number of nitrogens with zero attached hydrogens (tertiary/aromatic N) is 1. The third kappa shape index (κ3) is 3.52. The maximum Gasteiger partial charge on any atom is 0.332 e. The van der Waals surface area contributed by atoms with Crippen LogP contribution in [0.4, 0.5) is 10.5 Å². The van der Waals surface area contributed by atoms with Crippen molar-refractivity contribution < 1.29 is 19.8 Å². The van der Waals surface area contributed by atoms with E-state index in [1.807, 2.05) is 31.2 Å². The first-order valence-corrected chi connectivity index (χ1v) is 7.06. The maximum absolute atomic E-state index is 12.3. The molecule has 1 aromatic carbocycles. The maximum atomic E-state index is 12.3. The molecule has 0 saturated carbocycles. The SMILES string of the molecule is CC1CCc2ccccc2N1C(=O)NCCC(O)C(=O)O. The van der Waals surface area contributed by atoms with Crippen LogP contribution in [0.25, 0.3) is 0 Å². The topological polar surface area (TPSA) is 89.9 Å². The Kier molecular flexibility index (Phi) is 4.80. The van der Waals surface area contributed by atoms with Crippen molar-refractivity contribution in [2.45, 2.75) is 38.3 Å². The van der Waals surface area contributed by atoms with Crippen LogP contribution >= 0.6 is 0 Å². The van der Waals surface area contributed by atoms with Gasteiger partial charge >= 0.3 is 12.0 Å². The number of fused-ring (bicyclic) bond motifs is 1. The van der Waals surface area contributed by atoms with Crippen molar-refractivity contribution in [1.29, 1.82) is 0 Å². The van der Waals surface area contributed by atoms with Crippen LogP contribution in [-0.2, 0) is 11.2 Å². The molecule has 114 valence electrons. The zero-order valence-corrected chi connectivity index (χ0v) is 12.0. The minimum atomic E-state index is -1.45. The molecule has 1 heterocycles. The van der Waals surface area contributed by atoms with Crippen LogP contribution < -0.4 is 10.2 Å². The molecule has 3 N–H and O–H groups in total. The van der Waals surface area contributed by atoms with Crippen molar-refractivity contribution in [3.05, 3.63) is 29.8 Å². The number of hydrogen-bond acceptors (Lipinski definition) is 3. The summed E-state index contributed by atoms with van der Waals surface area (Å²) in [5.41, 5.74) is 2.03. The number of para-hydroxylation sites is 1. The molecule has 2 rings (SSSR count). The molecule has 0 bridgehead atoms. The van der Waals surface area contributed by atoms with Crippen LogP contribution in [0.2, 0.25) is 0 Å². The second-order valence-corrected chi connectivity index (χ2v) is 5.26. The number of carboxylic acids is 1. The number of aliphatic hydroxyl groups is 1. The number of carbonyl (C=O) groups is 2. The summed E-state index contributed by atoms with van der Waals surface area (Å²) in [6.45, 7) is 2.11. The smallest absolute Gasteiger partial charge is 0.332 e. The van der Waals surface area contributed by atoms with Gasteiger partial charge < -0.3 is 15.5 Å². The van der Waals surface area contributed by atoms with Gasteiger partial charge in [-0.15, -0.1) is 0 Å². The van der Waals surface area contributed by atoms with E-state index >= 15 is 0 Å². The Labute approximate surface area is 123 Å². The lowest BCUT2D eigenvalue weighted by atomic mass is 9.97. The number of benzene rings is 1. The Balaban J connectivity index is 2.00. The lowest BCUT2D eigenvalue weighted by Crippen LogP contribution is -2.48. The first-order valence-electron chi connectivity index (χ1n) is 7.06. The van der Waals surface area contributed by atoms with Crippen LogP contribution in [0.5, 0.6) is 0 Å². The fourth-order valence-electron chi connectivity index (χ4n) is 2.52. The molecule has 2 atom stereocenters. The van der Waals surface area contributed by atoms with Gasteiger partial charge in [-0.05, 0) is 31.4 Å². The average Bonchev–Trinajstić information content (AvgIpc) is 2.46. The summed E-state index contributed by atoms with van der Waals surface area (Å²) in [6, 6.07) is 7.60. The summed E-state index contributed by atoms with van der Waals surface area (Å²) in [4.78, 5) is 24.5. The fourth-order valence-corrected chi connectivity index (χ4v) is 2.52. The Morgan fingerprint density at radius 1 is 1.43 bits per heavy atom. The summed E-state index contributed by atoms with van der Waals surface area (Å²) in [5.74, 6) is -1.28. The van der Waals surface area contributed by atoms with E-state index in [0.717, 1.165) is 24.1 Å². The lowest BCUT2D eigenvalue weighted by Gasteiger charge is -2.35. The highest BCUT2D eigenvalue weighted by molar-refractivity contribution is 5.93. The largest absolute Gasteiger partial charge is 0.479 e. The number of urea groups is 1. The highest BCUT2D eigenvalue weighted by Gasteiger charge is 2.27. The first kappa shape index (κ1) is 15.3. The summed E-state index contributed by atoms with van der Waals surface area (Å²) in [5, 5.41) is 20.5. The third-order valence-electron chi connectivity index (χ3n) is 3.72. The Morgan fingerprint density at radius 3 is 2.86 bits per heavy atom. The minimum absolute atomic E-state index is 0.00899. The summed E-state index contributed by atoms with van der Waals surface area (Å²) in [7, 11) is 0. The molecule has 0 aliphatic carbocycles. The predicted octanol–water partition coefficient (Wildman–Crippen LogP) is 1.37. The van der Waals surface area contributed by atoms with Crippen LogP contribution in [0.1, 0.15) is 25.3 Å². The van der Waals surface area contributed by atoms with E-state index in [4.69, 9.17) is 5.11 Å². The van der Waals surface area contributed by atoms with Crippen molar-refractivity contribution in [2.75, 3.05) is 11.4 Å². The molecule has 1 aliphatic heterocycles. The van der Waals surface area contributed by atoms with E-state index in [9.17, 15) is 14.7 Å². The number of aryl methyl sites for hydroxylation is 1. The minimum Gasteiger partial charge on any atom is -0.479 e. The highest BCUT2D eigenvalue weighted by Crippen LogP contribution is 2.30. The van der Waals surface area contributed by atoms with Gasteiger partial charge in [0.05, 0.1) is 0 Å². The van der Waals surface area contributed by atoms with Gasteiger partial charge in [0.25, 0.3) is 0 Å². The number of carbonyl (C=O) groups excluding carboxylic acids is 1. The molecule has 0 saturated heterocycles. The second-order valence-electron chi connectivity index (χ2n) is 5.26. The standard InChI is InChI=1S/C15H20N2O4/c1-10-6-7-11-4-2-3-5-12(11)17(10)15(21)16-9-8-13(18)14(19)20/h2-5,10,13,18H,6-9H2,1H3,(H,16,21)(H,19,20). The number of anilines is 1. The molecule has 0 radical (unpaired) electrons. The number of aliphatic carboxylic acids is 1. The van der Waals surface area contributed by atoms with Gasteiger partial charge in [-0.3, -0.25) is 4.90 Å². The molecular weight excluding hydrogens is 272 g/mol. The predicted molar refractivity (Wildman–Crippen MR) is 78.4 cm³/mol. The quantitative estimate of drug-likeness (QED) is 0.782. The molecule has 0 spiro atoms. The molecule has 0 fully saturated rings. The molecular formula is C15H20N2O4. The van der Waals surface area contributed by atoms with Crippen LogP contribution in [0, 0.1) is 0 Å². The average molecular weight is 292 g/mol. The molecule has 2 amide bonds. The Morgan fingerprint density at radius 2 is 2.14 bits per heavy atom. The lowest BCUT2D eigenvalue weighted by molar-refractivity contribution is -0.146. The van der Waals surface area contributed by atoms with Gasteiger partial charge in [0.15, 0.2) is 6.10 Å². The van der Waals surface area contributed by atoms with E-state index in [0.29, 0.717) is 0 Å². The molecule has 6 heteroatoms. The normalized spacial score (nSPS) is 18.8. The monoisotopic (exact) mass is 292 g/mol. The molecule has 6 nitrogen and oxygen atoms in total. The van der Waals surface area contributed by atoms with Crippen molar-refractivity contribution in [3.63, 3.8) is 0 Å². The summed E-state index contributed by atoms with van der Waals surface area (Å²) < 4.78 is 0. The third-order valence-corrected chi connectivity index (χ3v) is 3.72. The van der Waals surface area contributed by atoms with E-state index in [2.05, 4.69) is 5.32 Å². The van der Waals surface area contributed by atoms with Crippen molar-refractivity contribution >= 4 is 17.7 Å². The second kappa shape index (κ2) is 6.58. The zero-order chi connectivity index (χ0) is 15.4. The molecule has 1 aliphatic rings. The number of rotatable bonds is 4. The van der Waals surface area contributed by atoms with Crippen molar-refractivity contribution in [1.82, 2.24) is 5.32 Å². The van der Waals surface area contributed by atoms with E-state index < -0.39 is 12.1 Å². The van der Waals surface area contributed by atoms with Gasteiger partial charge in [-0.2, -0.15) is 0 Å². The highest BCUT2D eigenvalue weighted by atomic mass is 16.4. The van der Waals surface area contributed by atoms with Gasteiger partial charge in [-0.25, -0.2) is 9.59 Å². The van der Waals surface area contributed by atoms with E-state index in [1.54, 1.807) is 4.90 Å². The van der Waals surface area contributed by atoms with E-state index in [-0.39, 0.29) is 25.0 Å². The molecule has 1 aromatic rings. The van der Waals surface area contributed by atoms with Crippen LogP contribution in [0.3, 0.4) is 0 Å². The fraction of sp³-hybridized carbons (Fsp3) is 0.467. The first-order chi connectivity index (χ1) is 10.0. The summed E-state index contributed by atoms with van der Waals surface area (Å²) in [6.07, 6.45) is 0.378. The summed E-state index contributed by atoms with van der Waals surface area (Å²) >= 11 is 0. The molecule has 0 aromatic heterocycles. The van der Waals surface area contributed by atoms with Crippen molar-refractivity contribution in [3.8, 4) is 0 Å². The number of aliphatic hydroxyl groups excluding tert-OH is 1. The Bertz CT molecular complexity index is 532. The van der Waals surface area contributed by atoms with Gasteiger partial charge in [0.1, 0.15) is 0 Å². The number of hydrogen-bond donors (Lipinski definition) is 3.